The average Bonchev–Trinajstić information content (AvgIpc) is 2.62. The number of nitrogens with one attached hydrogen (secondary N) is 1. The van der Waals surface area contributed by atoms with Crippen molar-refractivity contribution in [1.29, 1.82) is 0 Å². The van der Waals surface area contributed by atoms with Crippen LogP contribution in [0.2, 0.25) is 0 Å². The summed E-state index contributed by atoms with van der Waals surface area (Å²) in [6, 6.07) is 4.77. The first kappa shape index (κ1) is 17.9. The summed E-state index contributed by atoms with van der Waals surface area (Å²) in [4.78, 5) is 12.1. The summed E-state index contributed by atoms with van der Waals surface area (Å²) in [5.74, 6) is 0.143. The van der Waals surface area contributed by atoms with Crippen LogP contribution in [0, 0.1) is 0 Å². The minimum atomic E-state index is -1.64. The minimum absolute atomic E-state index is 0.286. The number of amides is 1. The van der Waals surface area contributed by atoms with Crippen LogP contribution in [0.25, 0.3) is 0 Å². The van der Waals surface area contributed by atoms with Crippen LogP contribution < -0.4 is 14.8 Å². The molecule has 5 N–H and O–H groups in total. The van der Waals surface area contributed by atoms with Gasteiger partial charge in [-0.25, -0.2) is 0 Å². The second-order valence-corrected chi connectivity index (χ2v) is 5.63. The largest absolute Gasteiger partial charge is 0.497 e. The second-order valence-electron chi connectivity index (χ2n) is 5.63. The zero-order chi connectivity index (χ0) is 18.1. The van der Waals surface area contributed by atoms with Crippen molar-refractivity contribution < 1.29 is 44.2 Å². The molecule has 2 aliphatic heterocycles. The van der Waals surface area contributed by atoms with E-state index in [0.29, 0.717) is 11.4 Å². The van der Waals surface area contributed by atoms with Gasteiger partial charge in [0.15, 0.2) is 12.0 Å². The van der Waals surface area contributed by atoms with E-state index in [-0.39, 0.29) is 5.75 Å². The smallest absolute Gasteiger partial charge is 0.294 e. The Hall–Kier alpha value is -1.95. The third-order valence-corrected chi connectivity index (χ3v) is 4.00. The molecule has 0 unspecified atom stereocenters. The van der Waals surface area contributed by atoms with Crippen molar-refractivity contribution in [2.24, 2.45) is 0 Å². The molecule has 10 heteroatoms. The first-order valence-corrected chi connectivity index (χ1v) is 7.56. The highest BCUT2D eigenvalue weighted by atomic mass is 16.8. The standard InChI is InChI=1S/C15H19NO9/c1-22-6-2-3-7-8(4-6)23-15(13(21)16-7)25-14-12(20)11(19)10(18)9(5-17)24-14/h2-4,9-12,14-15,17-20H,5H2,1H3,(H,16,21)/t9-,10-,11+,12-,14+,15-/m1/s1. The summed E-state index contributed by atoms with van der Waals surface area (Å²) in [6.07, 6.45) is -8.89. The average molecular weight is 357 g/mol. The molecular weight excluding hydrogens is 338 g/mol. The Kier molecular flexibility index (Phi) is 5.08. The maximum Gasteiger partial charge on any atom is 0.294 e. The van der Waals surface area contributed by atoms with E-state index in [2.05, 4.69) is 5.32 Å². The Labute approximate surface area is 142 Å². The minimum Gasteiger partial charge on any atom is -0.497 e. The summed E-state index contributed by atoms with van der Waals surface area (Å²) in [5, 5.41) is 41.2. The van der Waals surface area contributed by atoms with E-state index < -0.39 is 49.5 Å². The Balaban J connectivity index is 1.74. The fraction of sp³-hybridized carbons (Fsp3) is 0.533. The molecular formula is C15H19NO9. The number of carbonyl (C=O) groups is 1. The van der Waals surface area contributed by atoms with Crippen molar-refractivity contribution in [3.8, 4) is 11.5 Å². The lowest BCUT2D eigenvalue weighted by atomic mass is 9.99. The molecule has 2 aliphatic rings. The van der Waals surface area contributed by atoms with Crippen molar-refractivity contribution in [3.05, 3.63) is 18.2 Å². The third kappa shape index (κ3) is 3.40. The van der Waals surface area contributed by atoms with E-state index >= 15 is 0 Å². The van der Waals surface area contributed by atoms with Gasteiger partial charge in [-0.05, 0) is 12.1 Å². The number of rotatable bonds is 4. The number of aliphatic hydroxyl groups is 4. The van der Waals surface area contributed by atoms with E-state index in [0.717, 1.165) is 0 Å². The lowest BCUT2D eigenvalue weighted by molar-refractivity contribution is -0.322. The molecule has 1 saturated heterocycles. The maximum absolute atomic E-state index is 12.1. The summed E-state index contributed by atoms with van der Waals surface area (Å²) < 4.78 is 21.0. The van der Waals surface area contributed by atoms with Gasteiger partial charge in [-0.15, -0.1) is 0 Å². The number of anilines is 1. The topological polar surface area (TPSA) is 147 Å². The van der Waals surface area contributed by atoms with Gasteiger partial charge >= 0.3 is 0 Å². The van der Waals surface area contributed by atoms with E-state index in [1.807, 2.05) is 0 Å². The number of aliphatic hydroxyl groups excluding tert-OH is 4. The SMILES string of the molecule is COc1ccc2c(c1)O[C@H](O[C@@H]1O[C@H](CO)[C@@H](O)[C@H](O)[C@H]1O)C(=O)N2. The molecule has 3 rings (SSSR count). The fourth-order valence-electron chi connectivity index (χ4n) is 2.58. The van der Waals surface area contributed by atoms with Crippen molar-refractivity contribution >= 4 is 11.6 Å². The van der Waals surface area contributed by atoms with Gasteiger partial charge in [-0.3, -0.25) is 4.79 Å². The predicted molar refractivity (Wildman–Crippen MR) is 80.9 cm³/mol. The molecule has 0 aliphatic carbocycles. The second kappa shape index (κ2) is 7.12. The van der Waals surface area contributed by atoms with Crippen LogP contribution >= 0.6 is 0 Å². The van der Waals surface area contributed by atoms with Crippen LogP contribution in [0.5, 0.6) is 11.5 Å². The van der Waals surface area contributed by atoms with Gasteiger partial charge < -0.3 is 44.7 Å². The number of methoxy groups -OCH3 is 1. The van der Waals surface area contributed by atoms with E-state index in [1.165, 1.54) is 7.11 Å². The van der Waals surface area contributed by atoms with Crippen LogP contribution in [0.15, 0.2) is 18.2 Å². The summed E-state index contributed by atoms with van der Waals surface area (Å²) in [5.41, 5.74) is 0.416. The van der Waals surface area contributed by atoms with Gasteiger partial charge in [-0.1, -0.05) is 0 Å². The molecule has 1 aromatic carbocycles. The normalized spacial score (nSPS) is 34.7. The predicted octanol–water partition coefficient (Wildman–Crippen LogP) is -1.83. The number of hydrogen-bond acceptors (Lipinski definition) is 9. The molecule has 2 heterocycles. The number of fused-ring (bicyclic) bond motifs is 1. The lowest BCUT2D eigenvalue weighted by Gasteiger charge is -2.40. The molecule has 0 aromatic heterocycles. The van der Waals surface area contributed by atoms with Crippen LogP contribution in [0.1, 0.15) is 0 Å². The molecule has 6 atom stereocenters. The highest BCUT2D eigenvalue weighted by Gasteiger charge is 2.46. The molecule has 10 nitrogen and oxygen atoms in total. The number of carbonyl (C=O) groups excluding carboxylic acids is 1. The molecule has 1 amide bonds. The molecule has 1 aromatic rings. The number of benzene rings is 1. The maximum atomic E-state index is 12.1. The quantitative estimate of drug-likeness (QED) is 0.420. The molecule has 0 saturated carbocycles. The van der Waals surface area contributed by atoms with Gasteiger partial charge in [0.05, 0.1) is 19.4 Å². The van der Waals surface area contributed by atoms with Crippen LogP contribution in [0.3, 0.4) is 0 Å². The van der Waals surface area contributed by atoms with Gasteiger partial charge in [0.25, 0.3) is 12.2 Å². The molecule has 0 radical (unpaired) electrons. The number of hydrogen-bond donors (Lipinski definition) is 5. The van der Waals surface area contributed by atoms with E-state index in [4.69, 9.17) is 18.9 Å². The van der Waals surface area contributed by atoms with Crippen LogP contribution in [-0.2, 0) is 14.3 Å². The number of ether oxygens (including phenoxy) is 4. The third-order valence-electron chi connectivity index (χ3n) is 4.00. The Morgan fingerprint density at radius 2 is 1.96 bits per heavy atom. The summed E-state index contributed by atoms with van der Waals surface area (Å²) in [6.45, 7) is -0.609. The fourth-order valence-corrected chi connectivity index (χ4v) is 2.58. The summed E-state index contributed by atoms with van der Waals surface area (Å²) >= 11 is 0. The molecule has 25 heavy (non-hydrogen) atoms. The zero-order valence-corrected chi connectivity index (χ0v) is 13.2. The first-order valence-electron chi connectivity index (χ1n) is 7.56. The molecule has 1 fully saturated rings. The van der Waals surface area contributed by atoms with Crippen molar-refractivity contribution in [3.63, 3.8) is 0 Å². The van der Waals surface area contributed by atoms with Gasteiger partial charge in [-0.2, -0.15) is 0 Å². The van der Waals surface area contributed by atoms with Crippen molar-refractivity contribution in [1.82, 2.24) is 0 Å². The Morgan fingerprint density at radius 1 is 1.20 bits per heavy atom. The van der Waals surface area contributed by atoms with Gasteiger partial charge in [0.1, 0.15) is 30.2 Å². The van der Waals surface area contributed by atoms with Gasteiger partial charge in [0.2, 0.25) is 0 Å². The highest BCUT2D eigenvalue weighted by molar-refractivity contribution is 5.97. The van der Waals surface area contributed by atoms with Gasteiger partial charge in [0, 0.05) is 6.07 Å². The monoisotopic (exact) mass is 357 g/mol. The molecule has 0 spiro atoms. The zero-order valence-electron chi connectivity index (χ0n) is 13.2. The molecule has 0 bridgehead atoms. The Bertz CT molecular complexity index is 637. The summed E-state index contributed by atoms with van der Waals surface area (Å²) in [7, 11) is 1.48. The van der Waals surface area contributed by atoms with Crippen molar-refractivity contribution in [2.75, 3.05) is 19.0 Å². The molecule has 138 valence electrons. The van der Waals surface area contributed by atoms with E-state index in [1.54, 1.807) is 18.2 Å². The Morgan fingerprint density at radius 3 is 2.64 bits per heavy atom. The van der Waals surface area contributed by atoms with E-state index in [9.17, 15) is 25.2 Å². The first-order chi connectivity index (χ1) is 11.9. The lowest BCUT2D eigenvalue weighted by Crippen LogP contribution is -2.60. The van der Waals surface area contributed by atoms with Crippen LogP contribution in [0.4, 0.5) is 5.69 Å². The van der Waals surface area contributed by atoms with Crippen LogP contribution in [-0.4, -0.2) is 77.0 Å². The highest BCUT2D eigenvalue weighted by Crippen LogP contribution is 2.34. The van der Waals surface area contributed by atoms with Crippen molar-refractivity contribution in [2.45, 2.75) is 37.0 Å².